The molecule has 0 fully saturated rings. The van der Waals surface area contributed by atoms with Crippen LogP contribution < -0.4 is 5.32 Å². The van der Waals surface area contributed by atoms with Gasteiger partial charge in [-0.15, -0.1) is 0 Å². The topological polar surface area (TPSA) is 15.3 Å². The molecule has 0 aromatic heterocycles. The lowest BCUT2D eigenvalue weighted by Crippen LogP contribution is -2.44. The average Bonchev–Trinajstić information content (AvgIpc) is 2.14. The van der Waals surface area contributed by atoms with Gasteiger partial charge in [-0.3, -0.25) is 4.90 Å². The molecule has 16 heavy (non-hydrogen) atoms. The van der Waals surface area contributed by atoms with Gasteiger partial charge in [0.15, 0.2) is 0 Å². The maximum Gasteiger partial charge on any atom is 0.401 e. The summed E-state index contributed by atoms with van der Waals surface area (Å²) in [6, 6.07) is 0. The van der Waals surface area contributed by atoms with Crippen LogP contribution in [0.15, 0.2) is 0 Å². The van der Waals surface area contributed by atoms with Gasteiger partial charge in [-0.2, -0.15) is 13.2 Å². The first-order chi connectivity index (χ1) is 7.20. The SMILES string of the molecule is CCN(CCNC(C)(C)CC)CC(F)(F)F. The lowest BCUT2D eigenvalue weighted by Gasteiger charge is -2.27. The van der Waals surface area contributed by atoms with Gasteiger partial charge in [0, 0.05) is 18.6 Å². The van der Waals surface area contributed by atoms with Crippen molar-refractivity contribution in [2.45, 2.75) is 45.8 Å². The number of alkyl halides is 3. The van der Waals surface area contributed by atoms with Crippen molar-refractivity contribution < 1.29 is 13.2 Å². The summed E-state index contributed by atoms with van der Waals surface area (Å²) >= 11 is 0. The highest BCUT2D eigenvalue weighted by molar-refractivity contribution is 4.76. The van der Waals surface area contributed by atoms with Crippen LogP contribution in [0.2, 0.25) is 0 Å². The van der Waals surface area contributed by atoms with Gasteiger partial charge in [0.05, 0.1) is 6.54 Å². The van der Waals surface area contributed by atoms with Gasteiger partial charge < -0.3 is 5.32 Å². The van der Waals surface area contributed by atoms with Gasteiger partial charge in [0.25, 0.3) is 0 Å². The van der Waals surface area contributed by atoms with Crippen LogP contribution in [-0.2, 0) is 0 Å². The van der Waals surface area contributed by atoms with E-state index in [4.69, 9.17) is 0 Å². The quantitative estimate of drug-likeness (QED) is 0.736. The Labute approximate surface area is 96.2 Å². The first kappa shape index (κ1) is 15.7. The highest BCUT2D eigenvalue weighted by atomic mass is 19.4. The molecule has 2 nitrogen and oxygen atoms in total. The summed E-state index contributed by atoms with van der Waals surface area (Å²) in [5.41, 5.74) is -0.00234. The molecule has 0 atom stereocenters. The minimum atomic E-state index is -4.10. The van der Waals surface area contributed by atoms with Crippen LogP contribution >= 0.6 is 0 Å². The second-order valence-electron chi connectivity index (χ2n) is 4.65. The molecule has 0 unspecified atom stereocenters. The number of rotatable bonds is 7. The smallest absolute Gasteiger partial charge is 0.311 e. The zero-order chi connectivity index (χ0) is 12.8. The molecule has 0 aromatic rings. The molecule has 0 saturated heterocycles. The van der Waals surface area contributed by atoms with Crippen molar-refractivity contribution in [1.82, 2.24) is 10.2 Å². The Morgan fingerprint density at radius 2 is 1.69 bits per heavy atom. The predicted octanol–water partition coefficient (Wildman–Crippen LogP) is 2.65. The first-order valence-corrected chi connectivity index (χ1v) is 5.74. The summed E-state index contributed by atoms with van der Waals surface area (Å²) in [6.45, 7) is 8.52. The molecule has 0 aromatic carbocycles. The monoisotopic (exact) mass is 240 g/mol. The molecule has 0 bridgehead atoms. The second kappa shape index (κ2) is 6.45. The lowest BCUT2D eigenvalue weighted by atomic mass is 10.0. The van der Waals surface area contributed by atoms with Crippen LogP contribution in [0.4, 0.5) is 13.2 Å². The standard InChI is InChI=1S/C11H23F3N2/c1-5-10(3,4)15-7-8-16(6-2)9-11(12,13)14/h15H,5-9H2,1-4H3. The summed E-state index contributed by atoms with van der Waals surface area (Å²) in [7, 11) is 0. The maximum absolute atomic E-state index is 12.2. The van der Waals surface area contributed by atoms with Crippen molar-refractivity contribution >= 4 is 0 Å². The molecule has 5 heteroatoms. The Hall–Kier alpha value is -0.290. The van der Waals surface area contributed by atoms with Crippen molar-refractivity contribution in [3.63, 3.8) is 0 Å². The number of nitrogens with one attached hydrogen (secondary N) is 1. The molecular formula is C11H23F3N2. The molecule has 1 N–H and O–H groups in total. The van der Waals surface area contributed by atoms with Crippen molar-refractivity contribution in [3.8, 4) is 0 Å². The van der Waals surface area contributed by atoms with E-state index in [2.05, 4.69) is 12.2 Å². The molecule has 0 saturated carbocycles. The Bertz CT molecular complexity index is 190. The van der Waals surface area contributed by atoms with Gasteiger partial charge >= 0.3 is 6.18 Å². The van der Waals surface area contributed by atoms with E-state index in [9.17, 15) is 13.2 Å². The minimum Gasteiger partial charge on any atom is -0.311 e. The maximum atomic E-state index is 12.2. The third kappa shape index (κ3) is 7.93. The highest BCUT2D eigenvalue weighted by Crippen LogP contribution is 2.16. The van der Waals surface area contributed by atoms with E-state index in [1.807, 2.05) is 13.8 Å². The predicted molar refractivity (Wildman–Crippen MR) is 60.5 cm³/mol. The molecule has 0 amide bonds. The van der Waals surface area contributed by atoms with Gasteiger partial charge in [0.2, 0.25) is 0 Å². The Morgan fingerprint density at radius 1 is 1.12 bits per heavy atom. The van der Waals surface area contributed by atoms with Crippen molar-refractivity contribution in [2.75, 3.05) is 26.2 Å². The number of halogens is 3. The normalized spacial score (nSPS) is 13.5. The number of hydrogen-bond acceptors (Lipinski definition) is 2. The average molecular weight is 240 g/mol. The van der Waals surface area contributed by atoms with Crippen molar-refractivity contribution in [3.05, 3.63) is 0 Å². The van der Waals surface area contributed by atoms with Gasteiger partial charge in [-0.05, 0) is 26.8 Å². The third-order valence-electron chi connectivity index (χ3n) is 2.77. The lowest BCUT2D eigenvalue weighted by molar-refractivity contribution is -0.145. The highest BCUT2D eigenvalue weighted by Gasteiger charge is 2.29. The fraction of sp³-hybridized carbons (Fsp3) is 1.00. The van der Waals surface area contributed by atoms with Gasteiger partial charge in [-0.1, -0.05) is 13.8 Å². The largest absolute Gasteiger partial charge is 0.401 e. The molecular weight excluding hydrogens is 217 g/mol. The van der Waals surface area contributed by atoms with Gasteiger partial charge in [0.1, 0.15) is 0 Å². The van der Waals surface area contributed by atoms with Gasteiger partial charge in [-0.25, -0.2) is 0 Å². The molecule has 98 valence electrons. The molecule has 0 aliphatic carbocycles. The summed E-state index contributed by atoms with van der Waals surface area (Å²) in [6.07, 6.45) is -3.14. The minimum absolute atomic E-state index is 0.00234. The van der Waals surface area contributed by atoms with Crippen LogP contribution in [0.25, 0.3) is 0 Å². The molecule has 0 aliphatic rings. The fourth-order valence-electron chi connectivity index (χ4n) is 1.28. The number of likely N-dealkylation sites (N-methyl/N-ethyl adjacent to an activating group) is 1. The molecule has 0 heterocycles. The van der Waals surface area contributed by atoms with E-state index in [0.717, 1.165) is 6.42 Å². The van der Waals surface area contributed by atoms with E-state index in [1.165, 1.54) is 4.90 Å². The van der Waals surface area contributed by atoms with E-state index in [1.54, 1.807) is 6.92 Å². The summed E-state index contributed by atoms with van der Waals surface area (Å²) in [5.74, 6) is 0. The first-order valence-electron chi connectivity index (χ1n) is 5.74. The Morgan fingerprint density at radius 3 is 2.06 bits per heavy atom. The Balaban J connectivity index is 3.89. The van der Waals surface area contributed by atoms with Crippen LogP contribution in [0.5, 0.6) is 0 Å². The molecule has 0 radical (unpaired) electrons. The van der Waals surface area contributed by atoms with Crippen LogP contribution in [0.1, 0.15) is 34.1 Å². The number of nitrogens with zero attached hydrogens (tertiary/aromatic N) is 1. The summed E-state index contributed by atoms with van der Waals surface area (Å²) in [4.78, 5) is 1.40. The Kier molecular flexibility index (Phi) is 6.33. The number of hydrogen-bond donors (Lipinski definition) is 1. The molecule has 0 spiro atoms. The zero-order valence-corrected chi connectivity index (χ0v) is 10.6. The fourth-order valence-corrected chi connectivity index (χ4v) is 1.28. The summed E-state index contributed by atoms with van der Waals surface area (Å²) in [5, 5.41) is 3.25. The van der Waals surface area contributed by atoms with E-state index in [-0.39, 0.29) is 5.54 Å². The zero-order valence-electron chi connectivity index (χ0n) is 10.6. The van der Waals surface area contributed by atoms with Crippen LogP contribution in [-0.4, -0.2) is 42.8 Å². The second-order valence-corrected chi connectivity index (χ2v) is 4.65. The van der Waals surface area contributed by atoms with E-state index < -0.39 is 12.7 Å². The van der Waals surface area contributed by atoms with Crippen LogP contribution in [0, 0.1) is 0 Å². The molecule has 0 rings (SSSR count). The third-order valence-corrected chi connectivity index (χ3v) is 2.77. The van der Waals surface area contributed by atoms with E-state index >= 15 is 0 Å². The van der Waals surface area contributed by atoms with Crippen molar-refractivity contribution in [2.24, 2.45) is 0 Å². The van der Waals surface area contributed by atoms with Crippen LogP contribution in [0.3, 0.4) is 0 Å². The summed E-state index contributed by atoms with van der Waals surface area (Å²) < 4.78 is 36.5. The molecule has 0 aliphatic heterocycles. The van der Waals surface area contributed by atoms with E-state index in [0.29, 0.717) is 19.6 Å². The van der Waals surface area contributed by atoms with Crippen molar-refractivity contribution in [1.29, 1.82) is 0 Å².